The zero-order valence-electron chi connectivity index (χ0n) is 12.5. The Bertz CT molecular complexity index is 708. The molecule has 0 aliphatic heterocycles. The maximum atomic E-state index is 12.9. The number of nitrogens with one attached hydrogen (secondary N) is 2. The molecule has 1 heterocycles. The first-order valence-electron chi connectivity index (χ1n) is 6.79. The monoisotopic (exact) mass is 324 g/mol. The molecule has 2 rings (SSSR count). The van der Waals surface area contributed by atoms with E-state index < -0.39 is 23.7 Å². The van der Waals surface area contributed by atoms with Crippen LogP contribution in [0.2, 0.25) is 0 Å². The van der Waals surface area contributed by atoms with Gasteiger partial charge in [0.25, 0.3) is 0 Å². The number of benzene rings is 1. The standard InChI is InChI=1S/C15H15F3N4O/c1-3-9(2)14(23)21-12(13-19-8-20-22-13)10-5-4-6-11(7-10)15(16,17)18/h3-8,12H,1-2H3,(H,21,23)(H,19,20,22)/b9-3+/t12-/m1/s1. The summed E-state index contributed by atoms with van der Waals surface area (Å²) in [5.74, 6) is -0.145. The zero-order chi connectivity index (χ0) is 17.0. The third-order valence-electron chi connectivity index (χ3n) is 3.32. The quantitative estimate of drug-likeness (QED) is 0.849. The summed E-state index contributed by atoms with van der Waals surface area (Å²) in [6, 6.07) is 3.88. The molecule has 23 heavy (non-hydrogen) atoms. The number of rotatable bonds is 4. The molecule has 0 aliphatic rings. The van der Waals surface area contributed by atoms with Crippen molar-refractivity contribution in [3.8, 4) is 0 Å². The Morgan fingerprint density at radius 3 is 2.70 bits per heavy atom. The van der Waals surface area contributed by atoms with Gasteiger partial charge in [0.1, 0.15) is 12.4 Å². The van der Waals surface area contributed by atoms with Crippen LogP contribution in [-0.4, -0.2) is 21.1 Å². The number of carbonyl (C=O) groups is 1. The average molecular weight is 324 g/mol. The molecule has 2 aromatic rings. The van der Waals surface area contributed by atoms with Crippen molar-refractivity contribution in [3.63, 3.8) is 0 Å². The van der Waals surface area contributed by atoms with E-state index >= 15 is 0 Å². The lowest BCUT2D eigenvalue weighted by atomic mass is 10.0. The van der Waals surface area contributed by atoms with Crippen molar-refractivity contribution >= 4 is 5.91 Å². The van der Waals surface area contributed by atoms with Crippen LogP contribution in [-0.2, 0) is 11.0 Å². The Labute approximate surface area is 130 Å². The van der Waals surface area contributed by atoms with Gasteiger partial charge in [-0.1, -0.05) is 18.2 Å². The summed E-state index contributed by atoms with van der Waals surface area (Å²) in [4.78, 5) is 16.0. The third kappa shape index (κ3) is 3.97. The van der Waals surface area contributed by atoms with E-state index in [-0.39, 0.29) is 11.4 Å². The maximum absolute atomic E-state index is 12.9. The van der Waals surface area contributed by atoms with Gasteiger partial charge in [-0.15, -0.1) is 0 Å². The summed E-state index contributed by atoms with van der Waals surface area (Å²) < 4.78 is 38.7. The lowest BCUT2D eigenvalue weighted by molar-refractivity contribution is -0.137. The van der Waals surface area contributed by atoms with E-state index in [9.17, 15) is 18.0 Å². The van der Waals surface area contributed by atoms with Gasteiger partial charge in [0, 0.05) is 5.57 Å². The van der Waals surface area contributed by atoms with Crippen molar-refractivity contribution in [2.24, 2.45) is 0 Å². The first-order valence-corrected chi connectivity index (χ1v) is 6.79. The number of alkyl halides is 3. The van der Waals surface area contributed by atoms with E-state index in [0.717, 1.165) is 12.1 Å². The molecular weight excluding hydrogens is 309 g/mol. The van der Waals surface area contributed by atoms with Crippen LogP contribution in [0, 0.1) is 0 Å². The van der Waals surface area contributed by atoms with Gasteiger partial charge >= 0.3 is 6.18 Å². The largest absolute Gasteiger partial charge is 0.416 e. The number of halogens is 3. The Kier molecular flexibility index (Phi) is 4.83. The molecule has 0 aliphatic carbocycles. The van der Waals surface area contributed by atoms with E-state index in [1.54, 1.807) is 19.9 Å². The second kappa shape index (κ2) is 6.64. The molecule has 0 saturated heterocycles. The molecule has 122 valence electrons. The molecule has 8 heteroatoms. The second-order valence-corrected chi connectivity index (χ2v) is 4.87. The molecule has 0 bridgehead atoms. The Morgan fingerprint density at radius 1 is 1.39 bits per heavy atom. The minimum absolute atomic E-state index is 0.251. The Morgan fingerprint density at radius 2 is 2.13 bits per heavy atom. The molecule has 1 aromatic carbocycles. The number of aromatic nitrogens is 3. The first kappa shape index (κ1) is 16.7. The van der Waals surface area contributed by atoms with Crippen molar-refractivity contribution in [3.05, 3.63) is 59.2 Å². The van der Waals surface area contributed by atoms with E-state index in [1.165, 1.54) is 18.5 Å². The van der Waals surface area contributed by atoms with Gasteiger partial charge in [-0.2, -0.15) is 18.3 Å². The predicted octanol–water partition coefficient (Wildman–Crippen LogP) is 3.00. The molecule has 1 amide bonds. The van der Waals surface area contributed by atoms with Crippen LogP contribution in [0.4, 0.5) is 13.2 Å². The van der Waals surface area contributed by atoms with Crippen LogP contribution in [0.3, 0.4) is 0 Å². The highest BCUT2D eigenvalue weighted by Crippen LogP contribution is 2.31. The van der Waals surface area contributed by atoms with Crippen molar-refractivity contribution in [1.82, 2.24) is 20.5 Å². The number of H-pyrrole nitrogens is 1. The maximum Gasteiger partial charge on any atom is 0.416 e. The van der Waals surface area contributed by atoms with Gasteiger partial charge < -0.3 is 5.32 Å². The SMILES string of the molecule is C/C=C(\C)C(=O)N[C@H](c1cccc(C(F)(F)F)c1)c1ncn[nH]1. The highest BCUT2D eigenvalue weighted by molar-refractivity contribution is 5.93. The van der Waals surface area contributed by atoms with Gasteiger partial charge in [-0.25, -0.2) is 4.98 Å². The normalized spacial score (nSPS) is 13.7. The molecule has 2 N–H and O–H groups in total. The third-order valence-corrected chi connectivity index (χ3v) is 3.32. The van der Waals surface area contributed by atoms with Gasteiger partial charge in [0.15, 0.2) is 5.82 Å². The second-order valence-electron chi connectivity index (χ2n) is 4.87. The summed E-state index contributed by atoms with van der Waals surface area (Å²) in [5, 5.41) is 8.92. The number of hydrogen-bond donors (Lipinski definition) is 2. The van der Waals surface area contributed by atoms with Crippen molar-refractivity contribution < 1.29 is 18.0 Å². The minimum atomic E-state index is -4.47. The molecule has 0 radical (unpaired) electrons. The summed E-state index contributed by atoms with van der Waals surface area (Å²) in [6.45, 7) is 3.31. The van der Waals surface area contributed by atoms with Crippen LogP contribution in [0.15, 0.2) is 42.2 Å². The Hall–Kier alpha value is -2.64. The highest BCUT2D eigenvalue weighted by Gasteiger charge is 2.31. The van der Waals surface area contributed by atoms with Crippen LogP contribution < -0.4 is 5.32 Å². The summed E-state index contributed by atoms with van der Waals surface area (Å²) in [6.07, 6.45) is -1.63. The topological polar surface area (TPSA) is 70.7 Å². The molecule has 0 fully saturated rings. The van der Waals surface area contributed by atoms with Crippen molar-refractivity contribution in [2.45, 2.75) is 26.1 Å². The summed E-state index contributed by atoms with van der Waals surface area (Å²) in [5.41, 5.74) is -0.0909. The number of allylic oxidation sites excluding steroid dienone is 1. The molecule has 0 unspecified atom stereocenters. The average Bonchev–Trinajstić information content (AvgIpc) is 3.05. The zero-order valence-corrected chi connectivity index (χ0v) is 12.5. The van der Waals surface area contributed by atoms with Gasteiger partial charge in [0.2, 0.25) is 5.91 Å². The summed E-state index contributed by atoms with van der Waals surface area (Å²) in [7, 11) is 0. The molecule has 0 saturated carbocycles. The number of amides is 1. The van der Waals surface area contributed by atoms with Crippen molar-refractivity contribution in [1.29, 1.82) is 0 Å². The van der Waals surface area contributed by atoms with Gasteiger partial charge in [0.05, 0.1) is 5.56 Å². The van der Waals surface area contributed by atoms with Gasteiger partial charge in [-0.05, 0) is 31.5 Å². The molecule has 1 aromatic heterocycles. The van der Waals surface area contributed by atoms with Crippen LogP contribution in [0.5, 0.6) is 0 Å². The van der Waals surface area contributed by atoms with E-state index in [4.69, 9.17) is 0 Å². The number of hydrogen-bond acceptors (Lipinski definition) is 3. The first-order chi connectivity index (χ1) is 10.8. The fraction of sp³-hybridized carbons (Fsp3) is 0.267. The number of nitrogens with zero attached hydrogens (tertiary/aromatic N) is 2. The van der Waals surface area contributed by atoms with Crippen LogP contribution in [0.25, 0.3) is 0 Å². The molecular formula is C15H15F3N4O. The fourth-order valence-corrected chi connectivity index (χ4v) is 1.93. The number of carbonyl (C=O) groups excluding carboxylic acids is 1. The van der Waals surface area contributed by atoms with Crippen LogP contribution >= 0.6 is 0 Å². The van der Waals surface area contributed by atoms with Crippen molar-refractivity contribution in [2.75, 3.05) is 0 Å². The lowest BCUT2D eigenvalue weighted by Gasteiger charge is -2.18. The lowest BCUT2D eigenvalue weighted by Crippen LogP contribution is -2.30. The van der Waals surface area contributed by atoms with E-state index in [1.807, 2.05) is 0 Å². The predicted molar refractivity (Wildman–Crippen MR) is 77.2 cm³/mol. The van der Waals surface area contributed by atoms with Crippen LogP contribution in [0.1, 0.15) is 36.8 Å². The molecule has 5 nitrogen and oxygen atoms in total. The van der Waals surface area contributed by atoms with Gasteiger partial charge in [-0.3, -0.25) is 9.89 Å². The number of aromatic amines is 1. The molecule has 1 atom stereocenters. The van der Waals surface area contributed by atoms with E-state index in [2.05, 4.69) is 20.5 Å². The fourth-order valence-electron chi connectivity index (χ4n) is 1.93. The highest BCUT2D eigenvalue weighted by atomic mass is 19.4. The summed E-state index contributed by atoms with van der Waals surface area (Å²) >= 11 is 0. The smallest absolute Gasteiger partial charge is 0.338 e. The Balaban J connectivity index is 2.41. The molecule has 0 spiro atoms. The van der Waals surface area contributed by atoms with E-state index in [0.29, 0.717) is 5.57 Å². The minimum Gasteiger partial charge on any atom is -0.338 e.